The van der Waals surface area contributed by atoms with E-state index in [-0.39, 0.29) is 0 Å². The van der Waals surface area contributed by atoms with Crippen molar-refractivity contribution in [2.75, 3.05) is 0 Å². The van der Waals surface area contributed by atoms with Gasteiger partial charge >= 0.3 is 0 Å². The van der Waals surface area contributed by atoms with Gasteiger partial charge in [0, 0.05) is 0 Å². The lowest BCUT2D eigenvalue weighted by Crippen LogP contribution is -2.02. The molecule has 5 heteroatoms. The maximum atomic E-state index is 12.5. The maximum Gasteiger partial charge on any atom is 0.252 e. The molecule has 0 aliphatic carbocycles. The third kappa shape index (κ3) is 1.17. The van der Waals surface area contributed by atoms with Crippen LogP contribution in [0.25, 0.3) is 6.08 Å². The molecule has 0 amide bonds. The molecule has 0 bridgehead atoms. The Bertz CT molecular complexity index is 335. The Morgan fingerprint density at radius 2 is 1.58 bits per heavy atom. The fourth-order valence-corrected chi connectivity index (χ4v) is 0.639. The van der Waals surface area contributed by atoms with E-state index >= 15 is 0 Å². The quantitative estimate of drug-likeness (QED) is 0.473. The lowest BCUT2D eigenvalue weighted by Gasteiger charge is -1.98. The van der Waals surface area contributed by atoms with Crippen LogP contribution in [0.3, 0.4) is 0 Å². The van der Waals surface area contributed by atoms with Gasteiger partial charge < -0.3 is 0 Å². The zero-order valence-electron chi connectivity index (χ0n) is 5.74. The second-order valence-electron chi connectivity index (χ2n) is 1.93. The summed E-state index contributed by atoms with van der Waals surface area (Å²) in [7, 11) is 0. The van der Waals surface area contributed by atoms with Crippen molar-refractivity contribution in [2.24, 2.45) is 0 Å². The third-order valence-corrected chi connectivity index (χ3v) is 1.20. The molecule has 1 aromatic rings. The molecular weight excluding hydrogens is 174 g/mol. The highest BCUT2D eigenvalue weighted by molar-refractivity contribution is 5.42. The van der Waals surface area contributed by atoms with Gasteiger partial charge in [-0.05, 0) is 6.08 Å². The molecule has 0 aromatic carbocycles. The van der Waals surface area contributed by atoms with Gasteiger partial charge in [-0.2, -0.15) is 8.78 Å². The maximum absolute atomic E-state index is 12.5. The Kier molecular flexibility index (Phi) is 2.12. The van der Waals surface area contributed by atoms with E-state index in [1.54, 1.807) is 0 Å². The Balaban J connectivity index is 3.49. The normalized spacial score (nSPS) is 10.0. The van der Waals surface area contributed by atoms with Gasteiger partial charge in [-0.3, -0.25) is 0 Å². The van der Waals surface area contributed by atoms with Crippen LogP contribution >= 0.6 is 0 Å². The molecule has 1 heterocycles. The van der Waals surface area contributed by atoms with Crippen LogP contribution in [0.4, 0.5) is 17.6 Å². The highest BCUT2D eigenvalue weighted by Crippen LogP contribution is 2.15. The number of aromatic nitrogens is 1. The molecule has 1 nitrogen and oxygen atoms in total. The van der Waals surface area contributed by atoms with E-state index in [0.29, 0.717) is 0 Å². The van der Waals surface area contributed by atoms with Crippen LogP contribution in [0.5, 0.6) is 0 Å². The predicted octanol–water partition coefficient (Wildman–Crippen LogP) is 2.28. The molecule has 0 aliphatic rings. The Morgan fingerprint density at radius 3 is 2.08 bits per heavy atom. The minimum Gasteiger partial charge on any atom is -0.214 e. The molecule has 0 unspecified atom stereocenters. The van der Waals surface area contributed by atoms with Crippen molar-refractivity contribution in [3.05, 3.63) is 35.7 Å². The molecule has 1 aromatic heterocycles. The molecular formula is C7H3F4N. The third-order valence-electron chi connectivity index (χ3n) is 1.20. The zero-order chi connectivity index (χ0) is 9.30. The van der Waals surface area contributed by atoms with E-state index in [2.05, 4.69) is 11.6 Å². The van der Waals surface area contributed by atoms with E-state index in [9.17, 15) is 17.6 Å². The fourth-order valence-electron chi connectivity index (χ4n) is 0.639. The summed E-state index contributed by atoms with van der Waals surface area (Å²) in [5, 5.41) is 0. The number of halogens is 4. The Hall–Kier alpha value is -1.39. The highest BCUT2D eigenvalue weighted by atomic mass is 19.2. The van der Waals surface area contributed by atoms with Crippen LogP contribution in [0, 0.1) is 23.4 Å². The van der Waals surface area contributed by atoms with Crippen LogP contribution in [0.1, 0.15) is 5.69 Å². The van der Waals surface area contributed by atoms with Crippen LogP contribution in [-0.2, 0) is 0 Å². The van der Waals surface area contributed by atoms with Gasteiger partial charge in [0.25, 0.3) is 5.95 Å². The molecule has 0 saturated heterocycles. The molecule has 0 N–H and O–H groups in total. The van der Waals surface area contributed by atoms with E-state index < -0.39 is 29.1 Å². The summed E-state index contributed by atoms with van der Waals surface area (Å²) in [5.41, 5.74) is -0.647. The van der Waals surface area contributed by atoms with Crippen LogP contribution < -0.4 is 0 Å². The summed E-state index contributed by atoms with van der Waals surface area (Å²) in [6.07, 6.45) is 0.793. The van der Waals surface area contributed by atoms with Gasteiger partial charge in [0.15, 0.2) is 5.82 Å². The first-order chi connectivity index (χ1) is 5.57. The van der Waals surface area contributed by atoms with Gasteiger partial charge in [0.05, 0.1) is 0 Å². The summed E-state index contributed by atoms with van der Waals surface area (Å²) in [6.45, 7) is 3.05. The standard InChI is InChI=1S/C7H3F4N/c1-2-3-4(8)5(9)6(10)7(11)12-3/h2H,1H2. The molecule has 0 radical (unpaired) electrons. The van der Waals surface area contributed by atoms with Crippen molar-refractivity contribution in [3.63, 3.8) is 0 Å². The summed E-state index contributed by atoms with van der Waals surface area (Å²) < 4.78 is 49.4. The second kappa shape index (κ2) is 2.92. The molecule has 1 rings (SSSR count). The van der Waals surface area contributed by atoms with E-state index in [1.807, 2.05) is 0 Å². The molecule has 0 spiro atoms. The molecule has 0 fully saturated rings. The van der Waals surface area contributed by atoms with Crippen LogP contribution in [0.2, 0.25) is 0 Å². The molecule has 0 atom stereocenters. The minimum absolute atomic E-state index is 0.647. The first kappa shape index (κ1) is 8.70. The monoisotopic (exact) mass is 177 g/mol. The number of hydrogen-bond acceptors (Lipinski definition) is 1. The first-order valence-corrected chi connectivity index (χ1v) is 2.90. The van der Waals surface area contributed by atoms with E-state index in [4.69, 9.17) is 0 Å². The van der Waals surface area contributed by atoms with Gasteiger partial charge in [0.2, 0.25) is 11.6 Å². The van der Waals surface area contributed by atoms with Crippen LogP contribution in [-0.4, -0.2) is 4.98 Å². The van der Waals surface area contributed by atoms with Gasteiger partial charge in [0.1, 0.15) is 5.69 Å². The molecule has 64 valence electrons. The minimum atomic E-state index is -1.92. The lowest BCUT2D eigenvalue weighted by atomic mass is 10.3. The summed E-state index contributed by atoms with van der Waals surface area (Å²) in [5.74, 6) is -7.01. The molecule has 12 heavy (non-hydrogen) atoms. The number of hydrogen-bond donors (Lipinski definition) is 0. The lowest BCUT2D eigenvalue weighted by molar-refractivity contribution is 0.389. The fraction of sp³-hybridized carbons (Fsp3) is 0. The van der Waals surface area contributed by atoms with Crippen molar-refractivity contribution in [1.82, 2.24) is 4.98 Å². The Labute approximate surface area is 65.4 Å². The number of rotatable bonds is 1. The summed E-state index contributed by atoms with van der Waals surface area (Å²) in [6, 6.07) is 0. The smallest absolute Gasteiger partial charge is 0.214 e. The van der Waals surface area contributed by atoms with E-state index in [1.165, 1.54) is 0 Å². The largest absolute Gasteiger partial charge is 0.252 e. The number of pyridine rings is 1. The average Bonchev–Trinajstić information content (AvgIpc) is 2.08. The van der Waals surface area contributed by atoms with Gasteiger partial charge in [-0.1, -0.05) is 6.58 Å². The van der Waals surface area contributed by atoms with Gasteiger partial charge in [-0.25, -0.2) is 13.8 Å². The van der Waals surface area contributed by atoms with Crippen LogP contribution in [0.15, 0.2) is 6.58 Å². The van der Waals surface area contributed by atoms with Crippen molar-refractivity contribution in [3.8, 4) is 0 Å². The first-order valence-electron chi connectivity index (χ1n) is 2.90. The summed E-state index contributed by atoms with van der Waals surface area (Å²) >= 11 is 0. The topological polar surface area (TPSA) is 12.9 Å². The van der Waals surface area contributed by atoms with Crippen molar-refractivity contribution in [2.45, 2.75) is 0 Å². The van der Waals surface area contributed by atoms with Gasteiger partial charge in [-0.15, -0.1) is 0 Å². The zero-order valence-corrected chi connectivity index (χ0v) is 5.74. The van der Waals surface area contributed by atoms with Crippen molar-refractivity contribution in [1.29, 1.82) is 0 Å². The predicted molar refractivity (Wildman–Crippen MR) is 34.2 cm³/mol. The SMILES string of the molecule is C=Cc1nc(F)c(F)c(F)c1F. The molecule has 0 aliphatic heterocycles. The molecule has 0 saturated carbocycles. The second-order valence-corrected chi connectivity index (χ2v) is 1.93. The van der Waals surface area contributed by atoms with Crippen molar-refractivity contribution < 1.29 is 17.6 Å². The van der Waals surface area contributed by atoms with E-state index in [0.717, 1.165) is 6.08 Å². The number of nitrogens with zero attached hydrogens (tertiary/aromatic N) is 1. The van der Waals surface area contributed by atoms with Crippen molar-refractivity contribution >= 4 is 6.08 Å². The highest BCUT2D eigenvalue weighted by Gasteiger charge is 2.18. The summed E-state index contributed by atoms with van der Waals surface area (Å²) in [4.78, 5) is 2.78. The average molecular weight is 177 g/mol. The Morgan fingerprint density at radius 1 is 1.00 bits per heavy atom.